The molecule has 0 unspecified atom stereocenters. The average molecular weight is 435 g/mol. The molecule has 0 atom stereocenters. The van der Waals surface area contributed by atoms with Crippen molar-refractivity contribution in [2.24, 2.45) is 5.92 Å². The highest BCUT2D eigenvalue weighted by atomic mass is 16.6. The zero-order chi connectivity index (χ0) is 22.5. The number of aromatic nitrogens is 2. The third kappa shape index (κ3) is 5.31. The second kappa shape index (κ2) is 9.91. The molecule has 8 heteroatoms. The summed E-state index contributed by atoms with van der Waals surface area (Å²) in [5.74, 6) is 2.27. The van der Waals surface area contributed by atoms with Crippen LogP contribution in [0.15, 0.2) is 48.5 Å². The normalized spacial score (nSPS) is 18.4. The van der Waals surface area contributed by atoms with Crippen LogP contribution >= 0.6 is 0 Å². The summed E-state index contributed by atoms with van der Waals surface area (Å²) in [5, 5.41) is 18.9. The summed E-state index contributed by atoms with van der Waals surface area (Å²) in [5.41, 5.74) is 2.15. The lowest BCUT2D eigenvalue weighted by atomic mass is 9.86. The van der Waals surface area contributed by atoms with Gasteiger partial charge >= 0.3 is 0 Å². The van der Waals surface area contributed by atoms with Crippen LogP contribution in [-0.4, -0.2) is 41.6 Å². The van der Waals surface area contributed by atoms with Crippen LogP contribution in [0.5, 0.6) is 0 Å². The lowest BCUT2D eigenvalue weighted by Crippen LogP contribution is -2.31. The highest BCUT2D eigenvalue weighted by molar-refractivity contribution is 5.90. The molecule has 1 heterocycles. The molecule has 2 aromatic carbocycles. The molecule has 2 N–H and O–H groups in total. The van der Waals surface area contributed by atoms with Crippen molar-refractivity contribution in [2.75, 3.05) is 30.9 Å². The highest BCUT2D eigenvalue weighted by Gasteiger charge is 2.22. The van der Waals surface area contributed by atoms with E-state index in [2.05, 4.69) is 16.7 Å². The molecule has 3 aromatic rings. The van der Waals surface area contributed by atoms with Gasteiger partial charge in [-0.15, -0.1) is 0 Å². The summed E-state index contributed by atoms with van der Waals surface area (Å²) < 4.78 is 0. The van der Waals surface area contributed by atoms with Gasteiger partial charge in [-0.1, -0.05) is 24.3 Å². The highest BCUT2D eigenvalue weighted by Crippen LogP contribution is 2.28. The number of hydrogen-bond donors (Lipinski definition) is 2. The molecular formula is C24H30N6O2. The second-order valence-corrected chi connectivity index (χ2v) is 8.70. The van der Waals surface area contributed by atoms with Gasteiger partial charge in [0.1, 0.15) is 5.82 Å². The van der Waals surface area contributed by atoms with Crippen LogP contribution in [-0.2, 0) is 6.54 Å². The second-order valence-electron chi connectivity index (χ2n) is 8.70. The molecule has 0 radical (unpaired) electrons. The van der Waals surface area contributed by atoms with E-state index in [1.54, 1.807) is 12.1 Å². The number of non-ortho nitro benzene ring substituents is 1. The zero-order valence-electron chi connectivity index (χ0n) is 18.6. The van der Waals surface area contributed by atoms with Gasteiger partial charge in [0.15, 0.2) is 0 Å². The standard InChI is InChI=1S/C24H30N6O2/c1-29(2)23-21-5-3-4-6-22(21)27-24(28-23)26-19-11-7-17(8-12-19)15-25-16-18-9-13-20(14-10-18)30(31)32/h3-6,9-10,13-14,17,19,25H,7-8,11-12,15-16H2,1-2H3,(H,26,27,28)/t17-,19+. The van der Waals surface area contributed by atoms with Crippen LogP contribution < -0.4 is 15.5 Å². The van der Waals surface area contributed by atoms with Gasteiger partial charge < -0.3 is 15.5 Å². The van der Waals surface area contributed by atoms with Crippen molar-refractivity contribution < 1.29 is 4.92 Å². The topological polar surface area (TPSA) is 96.2 Å². The number of hydrogen-bond acceptors (Lipinski definition) is 7. The maximum Gasteiger partial charge on any atom is 0.269 e. The molecule has 1 aromatic heterocycles. The van der Waals surface area contributed by atoms with Gasteiger partial charge in [-0.05, 0) is 55.8 Å². The molecule has 0 aliphatic heterocycles. The fraction of sp³-hybridized carbons (Fsp3) is 0.417. The first-order valence-corrected chi connectivity index (χ1v) is 11.1. The smallest absolute Gasteiger partial charge is 0.269 e. The van der Waals surface area contributed by atoms with Gasteiger partial charge in [0.25, 0.3) is 5.69 Å². The van der Waals surface area contributed by atoms with Crippen LogP contribution in [0.1, 0.15) is 31.2 Å². The maximum atomic E-state index is 10.8. The molecule has 1 aliphatic carbocycles. The molecule has 168 valence electrons. The summed E-state index contributed by atoms with van der Waals surface area (Å²) in [6, 6.07) is 15.3. The Morgan fingerprint density at radius 1 is 1.03 bits per heavy atom. The Labute approximate surface area is 188 Å². The summed E-state index contributed by atoms with van der Waals surface area (Å²) in [6.07, 6.45) is 4.49. The van der Waals surface area contributed by atoms with Gasteiger partial charge in [0.05, 0.1) is 10.4 Å². The van der Waals surface area contributed by atoms with Crippen LogP contribution in [0.3, 0.4) is 0 Å². The Kier molecular flexibility index (Phi) is 6.80. The first-order valence-electron chi connectivity index (χ1n) is 11.1. The van der Waals surface area contributed by atoms with Gasteiger partial charge in [0, 0.05) is 44.2 Å². The molecule has 0 bridgehead atoms. The van der Waals surface area contributed by atoms with Crippen molar-refractivity contribution in [3.63, 3.8) is 0 Å². The van der Waals surface area contributed by atoms with Gasteiger partial charge in [-0.2, -0.15) is 4.98 Å². The number of nitrogens with zero attached hydrogens (tertiary/aromatic N) is 4. The van der Waals surface area contributed by atoms with E-state index in [0.29, 0.717) is 17.9 Å². The predicted octanol–water partition coefficient (Wildman–Crippen LogP) is 4.36. The third-order valence-electron chi connectivity index (χ3n) is 6.10. The molecular weight excluding hydrogens is 404 g/mol. The lowest BCUT2D eigenvalue weighted by Gasteiger charge is -2.29. The van der Waals surface area contributed by atoms with E-state index in [9.17, 15) is 10.1 Å². The number of para-hydroxylation sites is 1. The van der Waals surface area contributed by atoms with Gasteiger partial charge in [0.2, 0.25) is 5.95 Å². The summed E-state index contributed by atoms with van der Waals surface area (Å²) >= 11 is 0. The van der Waals surface area contributed by atoms with Crippen molar-refractivity contribution in [3.8, 4) is 0 Å². The first kappa shape index (κ1) is 22.0. The van der Waals surface area contributed by atoms with Crippen LogP contribution in [0.2, 0.25) is 0 Å². The maximum absolute atomic E-state index is 10.8. The molecule has 1 fully saturated rings. The SMILES string of the molecule is CN(C)c1nc(N[C@H]2CC[C@@H](CNCc3ccc([N+](=O)[O-])cc3)CC2)nc2ccccc12. The number of nitro benzene ring substituents is 1. The first-order chi connectivity index (χ1) is 15.5. The van der Waals surface area contributed by atoms with E-state index < -0.39 is 0 Å². The number of benzene rings is 2. The van der Waals surface area contributed by atoms with E-state index in [-0.39, 0.29) is 10.6 Å². The van der Waals surface area contributed by atoms with Crippen LogP contribution in [0.25, 0.3) is 10.9 Å². The Hall–Kier alpha value is -3.26. The minimum Gasteiger partial charge on any atom is -0.362 e. The molecule has 0 saturated heterocycles. The van der Waals surface area contributed by atoms with Crippen molar-refractivity contribution in [1.29, 1.82) is 0 Å². The van der Waals surface area contributed by atoms with Crippen molar-refractivity contribution >= 4 is 28.4 Å². The minimum absolute atomic E-state index is 0.132. The number of nitro groups is 1. The molecule has 32 heavy (non-hydrogen) atoms. The van der Waals surface area contributed by atoms with Crippen LogP contribution in [0, 0.1) is 16.0 Å². The van der Waals surface area contributed by atoms with E-state index in [1.807, 2.05) is 49.3 Å². The van der Waals surface area contributed by atoms with Crippen molar-refractivity contribution in [1.82, 2.24) is 15.3 Å². The molecule has 1 saturated carbocycles. The summed E-state index contributed by atoms with van der Waals surface area (Å²) in [6.45, 7) is 1.69. The Morgan fingerprint density at radius 3 is 2.44 bits per heavy atom. The zero-order valence-corrected chi connectivity index (χ0v) is 18.6. The van der Waals surface area contributed by atoms with Crippen LogP contribution in [0.4, 0.5) is 17.5 Å². The van der Waals surface area contributed by atoms with E-state index >= 15 is 0 Å². The number of nitrogens with one attached hydrogen (secondary N) is 2. The lowest BCUT2D eigenvalue weighted by molar-refractivity contribution is -0.384. The molecule has 0 spiro atoms. The van der Waals surface area contributed by atoms with Crippen molar-refractivity contribution in [2.45, 2.75) is 38.3 Å². The molecule has 8 nitrogen and oxygen atoms in total. The Morgan fingerprint density at radius 2 is 1.75 bits per heavy atom. The van der Waals surface area contributed by atoms with Crippen molar-refractivity contribution in [3.05, 3.63) is 64.2 Å². The van der Waals surface area contributed by atoms with E-state index in [4.69, 9.17) is 9.97 Å². The number of rotatable bonds is 8. The van der Waals surface area contributed by atoms with Gasteiger partial charge in [-0.25, -0.2) is 4.98 Å². The molecule has 1 aliphatic rings. The number of anilines is 2. The summed E-state index contributed by atoms with van der Waals surface area (Å²) in [7, 11) is 4.01. The fourth-order valence-electron chi connectivity index (χ4n) is 4.31. The third-order valence-corrected chi connectivity index (χ3v) is 6.10. The summed E-state index contributed by atoms with van der Waals surface area (Å²) in [4.78, 5) is 21.9. The van der Waals surface area contributed by atoms with E-state index in [1.165, 1.54) is 0 Å². The Bertz CT molecular complexity index is 1060. The fourth-order valence-corrected chi connectivity index (χ4v) is 4.31. The van der Waals surface area contributed by atoms with E-state index in [0.717, 1.165) is 61.1 Å². The Balaban J connectivity index is 1.26. The predicted molar refractivity (Wildman–Crippen MR) is 128 cm³/mol. The largest absolute Gasteiger partial charge is 0.362 e. The molecule has 0 amide bonds. The number of fused-ring (bicyclic) bond motifs is 1. The monoisotopic (exact) mass is 434 g/mol. The molecule has 4 rings (SSSR count). The minimum atomic E-state index is -0.367. The van der Waals surface area contributed by atoms with Gasteiger partial charge in [-0.3, -0.25) is 10.1 Å². The quantitative estimate of drug-likeness (QED) is 0.401. The average Bonchev–Trinajstić information content (AvgIpc) is 2.80.